The van der Waals surface area contributed by atoms with E-state index in [9.17, 15) is 0 Å². The van der Waals surface area contributed by atoms with Crippen molar-refractivity contribution in [3.05, 3.63) is 11.3 Å². The second-order valence-corrected chi connectivity index (χ2v) is 3.90. The van der Waals surface area contributed by atoms with Crippen LogP contribution in [-0.4, -0.2) is 22.9 Å². The van der Waals surface area contributed by atoms with Crippen molar-refractivity contribution in [2.24, 2.45) is 7.05 Å². The molecular weight excluding hydrogens is 224 g/mol. The van der Waals surface area contributed by atoms with E-state index in [2.05, 4.69) is 23.0 Å². The molecule has 0 radical (unpaired) electrons. The van der Waals surface area contributed by atoms with Crippen LogP contribution in [-0.2, 0) is 12.9 Å². The lowest BCUT2D eigenvalue weighted by Gasteiger charge is -2.22. The molecule has 0 aliphatic heterocycles. The van der Waals surface area contributed by atoms with Gasteiger partial charge in [0, 0.05) is 25.7 Å². The fourth-order valence-electron chi connectivity index (χ4n) is 1.84. The number of aryl methyl sites for hydroxylation is 2. The molecule has 0 aromatic carbocycles. The highest BCUT2D eigenvalue weighted by Crippen LogP contribution is 2.24. The van der Waals surface area contributed by atoms with Crippen molar-refractivity contribution in [1.82, 2.24) is 9.78 Å². The first-order valence-electron chi connectivity index (χ1n) is 5.36. The summed E-state index contributed by atoms with van der Waals surface area (Å²) in [6.45, 7) is 5.59. The van der Waals surface area contributed by atoms with E-state index in [-0.39, 0.29) is 0 Å². The predicted octanol–water partition coefficient (Wildman–Crippen LogP) is 2.21. The highest BCUT2D eigenvalue weighted by Gasteiger charge is 2.17. The molecule has 88 valence electrons. The summed E-state index contributed by atoms with van der Waals surface area (Å²) in [7, 11) is 1.91. The van der Waals surface area contributed by atoms with E-state index in [1.165, 1.54) is 0 Å². The monoisotopic (exact) mass is 240 g/mol. The van der Waals surface area contributed by atoms with Crippen LogP contribution in [0.4, 0.5) is 5.82 Å². The van der Waals surface area contributed by atoms with Gasteiger partial charge in [-0.3, -0.25) is 4.68 Å². The van der Waals surface area contributed by atoms with Crippen molar-refractivity contribution in [3.63, 3.8) is 0 Å². The van der Waals surface area contributed by atoms with Crippen molar-refractivity contribution < 1.29 is 0 Å². The van der Waals surface area contributed by atoms with Gasteiger partial charge in [-0.05, 0) is 13.8 Å². The molecule has 1 rings (SSSR count). The average molecular weight is 241 g/mol. The zero-order valence-corrected chi connectivity index (χ0v) is 10.8. The molecule has 4 nitrogen and oxygen atoms in total. The molecule has 0 spiro atoms. The molecule has 0 bridgehead atoms. The van der Waals surface area contributed by atoms with Crippen molar-refractivity contribution in [2.75, 3.05) is 18.0 Å². The number of aromatic nitrogens is 2. The Morgan fingerprint density at radius 2 is 2.25 bits per heavy atom. The minimum absolute atomic E-state index is 0.456. The number of hydrogen-bond acceptors (Lipinski definition) is 3. The van der Waals surface area contributed by atoms with Crippen molar-refractivity contribution in [1.29, 1.82) is 5.26 Å². The van der Waals surface area contributed by atoms with E-state index in [0.717, 1.165) is 30.2 Å². The molecule has 0 saturated heterocycles. The molecule has 0 amide bonds. The van der Waals surface area contributed by atoms with Crippen molar-refractivity contribution >= 4 is 17.4 Å². The van der Waals surface area contributed by atoms with Gasteiger partial charge in [0.25, 0.3) is 0 Å². The first-order valence-corrected chi connectivity index (χ1v) is 5.89. The Hall–Kier alpha value is -1.21. The first kappa shape index (κ1) is 12.9. The maximum Gasteiger partial charge on any atom is 0.131 e. The third-order valence-corrected chi connectivity index (χ3v) is 2.89. The van der Waals surface area contributed by atoms with Crippen LogP contribution in [0.2, 0.25) is 0 Å². The highest BCUT2D eigenvalue weighted by atomic mass is 35.5. The van der Waals surface area contributed by atoms with E-state index in [4.69, 9.17) is 16.9 Å². The quantitative estimate of drug-likeness (QED) is 0.742. The SMILES string of the molecule is CCN(CCC#N)c1c(CCl)c(C)nn1C. The molecule has 0 N–H and O–H groups in total. The van der Waals surface area contributed by atoms with Crippen LogP contribution in [0.25, 0.3) is 0 Å². The van der Waals surface area contributed by atoms with Gasteiger partial charge in [0.15, 0.2) is 0 Å². The van der Waals surface area contributed by atoms with E-state index < -0.39 is 0 Å². The van der Waals surface area contributed by atoms with Gasteiger partial charge in [0.2, 0.25) is 0 Å². The number of halogens is 1. The van der Waals surface area contributed by atoms with Crippen LogP contribution in [0.15, 0.2) is 0 Å². The van der Waals surface area contributed by atoms with Crippen LogP contribution in [0.5, 0.6) is 0 Å². The first-order chi connectivity index (χ1) is 7.65. The topological polar surface area (TPSA) is 44.9 Å². The van der Waals surface area contributed by atoms with Crippen molar-refractivity contribution in [2.45, 2.75) is 26.1 Å². The molecule has 0 saturated carbocycles. The van der Waals surface area contributed by atoms with E-state index >= 15 is 0 Å². The Bertz CT molecular complexity index is 391. The molecule has 16 heavy (non-hydrogen) atoms. The summed E-state index contributed by atoms with van der Waals surface area (Å²) in [4.78, 5) is 2.14. The molecule has 1 heterocycles. The van der Waals surface area contributed by atoms with Gasteiger partial charge >= 0.3 is 0 Å². The van der Waals surface area contributed by atoms with Crippen LogP contribution >= 0.6 is 11.6 Å². The summed E-state index contributed by atoms with van der Waals surface area (Å²) in [5, 5.41) is 13.0. The molecule has 0 atom stereocenters. The van der Waals surface area contributed by atoms with Crippen LogP contribution < -0.4 is 4.90 Å². The van der Waals surface area contributed by atoms with Gasteiger partial charge in [-0.1, -0.05) is 0 Å². The lowest BCUT2D eigenvalue weighted by atomic mass is 10.2. The molecule has 0 fully saturated rings. The van der Waals surface area contributed by atoms with Gasteiger partial charge in [-0.2, -0.15) is 10.4 Å². The second-order valence-electron chi connectivity index (χ2n) is 3.63. The Kier molecular flexibility index (Phi) is 4.63. The Labute approximate surface area is 101 Å². The molecular formula is C11H17ClN4. The van der Waals surface area contributed by atoms with Gasteiger partial charge in [0.1, 0.15) is 5.82 Å². The van der Waals surface area contributed by atoms with Gasteiger partial charge in [-0.25, -0.2) is 0 Å². The molecule has 1 aromatic rings. The number of hydrogen-bond donors (Lipinski definition) is 0. The minimum Gasteiger partial charge on any atom is -0.356 e. The number of rotatable bonds is 5. The van der Waals surface area contributed by atoms with Gasteiger partial charge in [0.05, 0.1) is 24.1 Å². The number of nitriles is 1. The lowest BCUT2D eigenvalue weighted by Crippen LogP contribution is -2.26. The third-order valence-electron chi connectivity index (χ3n) is 2.62. The summed E-state index contributed by atoms with van der Waals surface area (Å²) in [5.74, 6) is 1.49. The van der Waals surface area contributed by atoms with Crippen LogP contribution in [0.3, 0.4) is 0 Å². The van der Waals surface area contributed by atoms with E-state index in [1.807, 2.05) is 18.7 Å². The summed E-state index contributed by atoms with van der Waals surface area (Å²) >= 11 is 5.94. The van der Waals surface area contributed by atoms with Crippen molar-refractivity contribution in [3.8, 4) is 6.07 Å². The molecule has 0 aliphatic carbocycles. The second kappa shape index (κ2) is 5.76. The molecule has 5 heteroatoms. The number of anilines is 1. The molecule has 1 aromatic heterocycles. The predicted molar refractivity (Wildman–Crippen MR) is 65.6 cm³/mol. The van der Waals surface area contributed by atoms with Gasteiger partial charge in [-0.15, -0.1) is 11.6 Å². The highest BCUT2D eigenvalue weighted by molar-refractivity contribution is 6.17. The maximum absolute atomic E-state index is 8.63. The zero-order valence-electron chi connectivity index (χ0n) is 10.00. The zero-order chi connectivity index (χ0) is 12.1. The summed E-state index contributed by atoms with van der Waals surface area (Å²) in [6, 6.07) is 2.16. The summed E-state index contributed by atoms with van der Waals surface area (Å²) in [6.07, 6.45) is 0.514. The number of nitrogens with zero attached hydrogens (tertiary/aromatic N) is 4. The Balaban J connectivity index is 3.04. The average Bonchev–Trinajstić information content (AvgIpc) is 2.55. The largest absolute Gasteiger partial charge is 0.356 e. The van der Waals surface area contributed by atoms with E-state index in [0.29, 0.717) is 12.3 Å². The summed E-state index contributed by atoms with van der Waals surface area (Å²) in [5.41, 5.74) is 2.02. The Morgan fingerprint density at radius 1 is 1.56 bits per heavy atom. The molecule has 0 unspecified atom stereocenters. The fourth-order valence-corrected chi connectivity index (χ4v) is 2.15. The van der Waals surface area contributed by atoms with Crippen LogP contribution in [0, 0.1) is 18.3 Å². The standard InChI is InChI=1S/C11H17ClN4/c1-4-16(7-5-6-13)11-10(8-12)9(2)14-15(11)3/h4-5,7-8H2,1-3H3. The number of alkyl halides is 1. The molecule has 0 aliphatic rings. The summed E-state index contributed by atoms with van der Waals surface area (Å²) < 4.78 is 1.84. The maximum atomic E-state index is 8.63. The normalized spacial score (nSPS) is 10.2. The Morgan fingerprint density at radius 3 is 2.75 bits per heavy atom. The van der Waals surface area contributed by atoms with E-state index in [1.54, 1.807) is 0 Å². The third kappa shape index (κ3) is 2.48. The fraction of sp³-hybridized carbons (Fsp3) is 0.636. The van der Waals surface area contributed by atoms with Crippen LogP contribution in [0.1, 0.15) is 24.6 Å². The van der Waals surface area contributed by atoms with Gasteiger partial charge < -0.3 is 4.90 Å². The minimum atomic E-state index is 0.456. The smallest absolute Gasteiger partial charge is 0.131 e. The lowest BCUT2D eigenvalue weighted by molar-refractivity contribution is 0.706.